The largest absolute Gasteiger partial charge is 0.378 e. The highest BCUT2D eigenvalue weighted by Crippen LogP contribution is 2.33. The number of benzene rings is 1. The molecule has 12 heteroatoms. The number of halogens is 1. The van der Waals surface area contributed by atoms with Gasteiger partial charge in [0.05, 0.1) is 29.6 Å². The summed E-state index contributed by atoms with van der Waals surface area (Å²) in [6.07, 6.45) is 6.11. The van der Waals surface area contributed by atoms with Crippen molar-refractivity contribution in [3.05, 3.63) is 71.0 Å². The lowest BCUT2D eigenvalue weighted by molar-refractivity contribution is -0.124. The molecule has 5 rings (SSSR count). The van der Waals surface area contributed by atoms with Crippen molar-refractivity contribution in [3.8, 4) is 0 Å². The van der Waals surface area contributed by atoms with Gasteiger partial charge in [0.1, 0.15) is 12.0 Å². The molecule has 2 N–H and O–H groups in total. The Bertz CT molecular complexity index is 1390. The molecule has 216 valence electrons. The van der Waals surface area contributed by atoms with Gasteiger partial charge in [-0.2, -0.15) is 0 Å². The number of aliphatic imine (C=N–C) groups is 1. The third-order valence-electron chi connectivity index (χ3n) is 6.97. The van der Waals surface area contributed by atoms with Crippen LogP contribution >= 0.6 is 11.6 Å². The standard InChI is InChI=1S/C29H34ClN7O4/c1-35(2)11-10-31-24-7-4-20-18-37(29(39)27(40-3)26(20)34-24)23-6-5-21(17-22(23)30)33-28(38)19-8-9-32-25(16-19)36-12-14-41-15-13-36/h4-9,16-18,24,27,31H,10-15H2,1-3H3,(H,33,38). The van der Waals surface area contributed by atoms with Gasteiger partial charge in [-0.25, -0.2) is 4.98 Å². The molecule has 1 aromatic carbocycles. The number of dihydropyridines is 1. The van der Waals surface area contributed by atoms with E-state index < -0.39 is 6.10 Å². The Hall–Kier alpha value is -3.61. The lowest BCUT2D eigenvalue weighted by atomic mass is 9.97. The van der Waals surface area contributed by atoms with Gasteiger partial charge < -0.3 is 24.6 Å². The highest BCUT2D eigenvalue weighted by atomic mass is 35.5. The van der Waals surface area contributed by atoms with Crippen LogP contribution in [0.25, 0.3) is 0 Å². The van der Waals surface area contributed by atoms with Crippen LogP contribution in [0.15, 0.2) is 65.4 Å². The highest BCUT2D eigenvalue weighted by Gasteiger charge is 2.37. The average Bonchev–Trinajstić information content (AvgIpc) is 2.97. The van der Waals surface area contributed by atoms with Crippen LogP contribution in [0.1, 0.15) is 10.4 Å². The van der Waals surface area contributed by atoms with E-state index in [9.17, 15) is 9.59 Å². The highest BCUT2D eigenvalue weighted by molar-refractivity contribution is 6.35. The fourth-order valence-corrected chi connectivity index (χ4v) is 5.05. The maximum absolute atomic E-state index is 13.5. The maximum atomic E-state index is 13.5. The molecule has 2 amide bonds. The minimum Gasteiger partial charge on any atom is -0.378 e. The van der Waals surface area contributed by atoms with Gasteiger partial charge in [0.15, 0.2) is 6.10 Å². The van der Waals surface area contributed by atoms with Gasteiger partial charge >= 0.3 is 0 Å². The molecular formula is C29H34ClN7O4. The number of methoxy groups -OCH3 is 1. The number of ether oxygens (including phenoxy) is 2. The van der Waals surface area contributed by atoms with Crippen molar-refractivity contribution in [2.24, 2.45) is 4.99 Å². The van der Waals surface area contributed by atoms with E-state index in [0.717, 1.165) is 37.6 Å². The Kier molecular flexibility index (Phi) is 9.11. The van der Waals surface area contributed by atoms with E-state index in [2.05, 4.69) is 25.4 Å². The summed E-state index contributed by atoms with van der Waals surface area (Å²) in [6.45, 7) is 4.33. The Morgan fingerprint density at radius 3 is 2.76 bits per heavy atom. The lowest BCUT2D eigenvalue weighted by Gasteiger charge is -2.33. The summed E-state index contributed by atoms with van der Waals surface area (Å²) >= 11 is 6.65. The third kappa shape index (κ3) is 6.66. The molecule has 11 nitrogen and oxygen atoms in total. The number of anilines is 3. The van der Waals surface area contributed by atoms with E-state index in [1.54, 1.807) is 42.7 Å². The minimum atomic E-state index is -0.874. The molecule has 0 aliphatic carbocycles. The summed E-state index contributed by atoms with van der Waals surface area (Å²) in [6, 6.07) is 8.46. The Morgan fingerprint density at radius 2 is 2.02 bits per heavy atom. The van der Waals surface area contributed by atoms with Gasteiger partial charge in [-0.15, -0.1) is 0 Å². The zero-order valence-electron chi connectivity index (χ0n) is 23.3. The summed E-state index contributed by atoms with van der Waals surface area (Å²) in [5, 5.41) is 6.55. The average molecular weight is 580 g/mol. The monoisotopic (exact) mass is 579 g/mol. The normalized spacial score (nSPS) is 20.6. The molecule has 0 saturated carbocycles. The predicted octanol–water partition coefficient (Wildman–Crippen LogP) is 2.56. The van der Waals surface area contributed by atoms with Gasteiger partial charge in [-0.1, -0.05) is 17.7 Å². The SMILES string of the molecule is COC1C(=O)N(c2ccc(NC(=O)c3ccnc(N4CCOCC4)c3)cc2Cl)C=C2C=CC(NCCN(C)C)N=C21. The number of rotatable bonds is 9. The van der Waals surface area contributed by atoms with E-state index >= 15 is 0 Å². The lowest BCUT2D eigenvalue weighted by Crippen LogP contribution is -2.48. The van der Waals surface area contributed by atoms with Crippen molar-refractivity contribution in [2.75, 3.05) is 75.7 Å². The van der Waals surface area contributed by atoms with Crippen LogP contribution in [-0.4, -0.2) is 100 Å². The number of nitrogens with one attached hydrogen (secondary N) is 2. The third-order valence-corrected chi connectivity index (χ3v) is 7.27. The smallest absolute Gasteiger partial charge is 0.266 e. The number of hydrogen-bond acceptors (Lipinski definition) is 9. The number of fused-ring (bicyclic) bond motifs is 1. The molecule has 41 heavy (non-hydrogen) atoms. The zero-order chi connectivity index (χ0) is 28.9. The number of hydrogen-bond donors (Lipinski definition) is 2. The number of aromatic nitrogens is 1. The molecule has 2 aromatic rings. The fraction of sp³-hybridized carbons (Fsp3) is 0.379. The molecule has 0 bridgehead atoms. The molecule has 1 aromatic heterocycles. The molecule has 0 radical (unpaired) electrons. The van der Waals surface area contributed by atoms with Crippen molar-refractivity contribution < 1.29 is 19.1 Å². The summed E-state index contributed by atoms with van der Waals surface area (Å²) < 4.78 is 11.0. The van der Waals surface area contributed by atoms with Crippen LogP contribution in [0.3, 0.4) is 0 Å². The van der Waals surface area contributed by atoms with Crippen molar-refractivity contribution in [3.63, 3.8) is 0 Å². The Morgan fingerprint density at radius 1 is 1.22 bits per heavy atom. The van der Waals surface area contributed by atoms with Crippen molar-refractivity contribution in [1.29, 1.82) is 0 Å². The van der Waals surface area contributed by atoms with E-state index in [-0.39, 0.29) is 18.0 Å². The second-order valence-corrected chi connectivity index (χ2v) is 10.5. The topological polar surface area (TPSA) is 112 Å². The second kappa shape index (κ2) is 12.9. The van der Waals surface area contributed by atoms with Gasteiger partial charge in [0.2, 0.25) is 0 Å². The molecule has 2 atom stereocenters. The first kappa shape index (κ1) is 28.9. The summed E-state index contributed by atoms with van der Waals surface area (Å²) in [5.41, 5.74) is 2.80. The van der Waals surface area contributed by atoms with Crippen LogP contribution in [0.2, 0.25) is 5.02 Å². The first-order valence-electron chi connectivity index (χ1n) is 13.5. The van der Waals surface area contributed by atoms with Crippen molar-refractivity contribution in [1.82, 2.24) is 15.2 Å². The van der Waals surface area contributed by atoms with Gasteiger partial charge in [0, 0.05) is 62.5 Å². The summed E-state index contributed by atoms with van der Waals surface area (Å²) in [4.78, 5) is 41.3. The Labute approximate surface area is 244 Å². The first-order chi connectivity index (χ1) is 19.8. The molecule has 3 aliphatic rings. The zero-order valence-corrected chi connectivity index (χ0v) is 24.1. The fourth-order valence-electron chi connectivity index (χ4n) is 4.78. The number of allylic oxidation sites excluding steroid dienone is 1. The number of carbonyl (C=O) groups excluding carboxylic acids is 2. The summed E-state index contributed by atoms with van der Waals surface area (Å²) in [5.74, 6) is 0.140. The molecule has 0 spiro atoms. The molecule has 1 saturated heterocycles. The van der Waals surface area contributed by atoms with E-state index in [4.69, 9.17) is 26.1 Å². The van der Waals surface area contributed by atoms with Crippen molar-refractivity contribution in [2.45, 2.75) is 12.3 Å². The second-order valence-electron chi connectivity index (χ2n) is 10.1. The number of morpholine rings is 1. The molecule has 2 unspecified atom stereocenters. The summed E-state index contributed by atoms with van der Waals surface area (Å²) in [7, 11) is 5.51. The minimum absolute atomic E-state index is 0.240. The van der Waals surface area contributed by atoms with Crippen LogP contribution in [0.5, 0.6) is 0 Å². The predicted molar refractivity (Wildman–Crippen MR) is 160 cm³/mol. The van der Waals surface area contributed by atoms with Gasteiger partial charge in [0.25, 0.3) is 11.8 Å². The van der Waals surface area contributed by atoms with Crippen LogP contribution in [0.4, 0.5) is 17.2 Å². The molecular weight excluding hydrogens is 546 g/mol. The number of pyridine rings is 1. The maximum Gasteiger partial charge on any atom is 0.266 e. The first-order valence-corrected chi connectivity index (χ1v) is 13.8. The van der Waals surface area contributed by atoms with Crippen LogP contribution < -0.4 is 20.4 Å². The number of nitrogens with zero attached hydrogens (tertiary/aromatic N) is 5. The number of carbonyl (C=O) groups is 2. The van der Waals surface area contributed by atoms with E-state index in [1.807, 2.05) is 26.2 Å². The Balaban J connectivity index is 1.30. The van der Waals surface area contributed by atoms with Gasteiger partial charge in [-0.05, 0) is 50.5 Å². The van der Waals surface area contributed by atoms with Crippen molar-refractivity contribution >= 4 is 46.3 Å². The van der Waals surface area contributed by atoms with Crippen LogP contribution in [0, 0.1) is 0 Å². The quantitative estimate of drug-likeness (QED) is 0.466. The van der Waals surface area contributed by atoms with E-state index in [1.165, 1.54) is 12.0 Å². The molecule has 1 fully saturated rings. The van der Waals surface area contributed by atoms with Gasteiger partial charge in [-0.3, -0.25) is 24.8 Å². The number of likely N-dealkylation sites (N-methyl/N-ethyl adjacent to an activating group) is 1. The van der Waals surface area contributed by atoms with Crippen LogP contribution in [-0.2, 0) is 14.3 Å². The number of amides is 2. The molecule has 4 heterocycles. The van der Waals surface area contributed by atoms with E-state index in [0.29, 0.717) is 40.9 Å². The molecule has 3 aliphatic heterocycles.